The van der Waals surface area contributed by atoms with E-state index in [2.05, 4.69) is 12.6 Å². The SMILES string of the molecule is COC(CO[SiH2]CCS)OC. The predicted octanol–water partition coefficient (Wildman–Crippen LogP) is 0.0538. The fraction of sp³-hybridized carbons (Fsp3) is 1.00. The van der Waals surface area contributed by atoms with Gasteiger partial charge in [-0.1, -0.05) is 0 Å². The molecule has 0 aliphatic rings. The van der Waals surface area contributed by atoms with Crippen LogP contribution in [0.4, 0.5) is 0 Å². The van der Waals surface area contributed by atoms with Crippen molar-refractivity contribution in [1.82, 2.24) is 0 Å². The highest BCUT2D eigenvalue weighted by atomic mass is 32.1. The second kappa shape index (κ2) is 8.54. The van der Waals surface area contributed by atoms with Crippen molar-refractivity contribution in [3.63, 3.8) is 0 Å². The summed E-state index contributed by atoms with van der Waals surface area (Å²) >= 11 is 4.08. The normalized spacial score (nSPS) is 12.0. The van der Waals surface area contributed by atoms with Crippen LogP contribution in [0.5, 0.6) is 0 Å². The molecule has 0 amide bonds. The summed E-state index contributed by atoms with van der Waals surface area (Å²) in [4.78, 5) is 0. The van der Waals surface area contributed by atoms with Gasteiger partial charge >= 0.3 is 0 Å². The molecule has 0 bridgehead atoms. The van der Waals surface area contributed by atoms with Crippen molar-refractivity contribution < 1.29 is 13.9 Å². The maximum atomic E-state index is 5.36. The molecule has 0 atom stereocenters. The summed E-state index contributed by atoms with van der Waals surface area (Å²) in [5.74, 6) is 0.914. The number of rotatable bonds is 7. The molecule has 11 heavy (non-hydrogen) atoms. The zero-order valence-corrected chi connectivity index (χ0v) is 9.39. The van der Waals surface area contributed by atoms with Crippen LogP contribution in [0.3, 0.4) is 0 Å². The molecule has 0 aromatic heterocycles. The summed E-state index contributed by atoms with van der Waals surface area (Å²) < 4.78 is 15.2. The highest BCUT2D eigenvalue weighted by Gasteiger charge is 2.02. The molecule has 0 heterocycles. The fourth-order valence-corrected chi connectivity index (χ4v) is 1.66. The van der Waals surface area contributed by atoms with Crippen LogP contribution in [0.25, 0.3) is 0 Å². The quantitative estimate of drug-likeness (QED) is 0.270. The number of thiol groups is 1. The Kier molecular flexibility index (Phi) is 8.89. The van der Waals surface area contributed by atoms with Crippen LogP contribution in [0.2, 0.25) is 6.04 Å². The van der Waals surface area contributed by atoms with Crippen molar-refractivity contribution in [2.45, 2.75) is 12.3 Å². The van der Waals surface area contributed by atoms with Gasteiger partial charge in [0.15, 0.2) is 16.1 Å². The lowest BCUT2D eigenvalue weighted by molar-refractivity contribution is -0.121. The minimum atomic E-state index is -0.387. The van der Waals surface area contributed by atoms with E-state index in [0.29, 0.717) is 6.61 Å². The van der Waals surface area contributed by atoms with E-state index in [9.17, 15) is 0 Å². The van der Waals surface area contributed by atoms with Crippen molar-refractivity contribution >= 4 is 22.4 Å². The first-order valence-electron chi connectivity index (χ1n) is 3.59. The van der Waals surface area contributed by atoms with Crippen LogP contribution in [-0.4, -0.2) is 42.6 Å². The molecule has 0 aliphatic carbocycles. The van der Waals surface area contributed by atoms with Gasteiger partial charge < -0.3 is 13.9 Å². The molecule has 0 saturated carbocycles. The monoisotopic (exact) mass is 196 g/mol. The fourth-order valence-electron chi connectivity index (χ4n) is 0.578. The molecule has 0 aromatic carbocycles. The second-order valence-electron chi connectivity index (χ2n) is 2.05. The van der Waals surface area contributed by atoms with Crippen LogP contribution >= 0.6 is 12.6 Å². The van der Waals surface area contributed by atoms with Gasteiger partial charge in [0.05, 0.1) is 6.61 Å². The highest BCUT2D eigenvalue weighted by molar-refractivity contribution is 7.80. The summed E-state index contributed by atoms with van der Waals surface area (Å²) in [6.07, 6.45) is -0.206. The van der Waals surface area contributed by atoms with E-state index < -0.39 is 0 Å². The summed E-state index contributed by atoms with van der Waals surface area (Å²) in [6, 6.07) is 1.10. The molecule has 0 radical (unpaired) electrons. The zero-order valence-electron chi connectivity index (χ0n) is 7.08. The number of hydrogen-bond donors (Lipinski definition) is 1. The molecule has 0 aliphatic heterocycles. The summed E-state index contributed by atoms with van der Waals surface area (Å²) in [5.41, 5.74) is 0. The van der Waals surface area contributed by atoms with Crippen LogP contribution in [-0.2, 0) is 13.9 Å². The Bertz CT molecular complexity index is 80.2. The Morgan fingerprint density at radius 1 is 1.36 bits per heavy atom. The van der Waals surface area contributed by atoms with Crippen LogP contribution in [0.15, 0.2) is 0 Å². The maximum absolute atomic E-state index is 5.36. The van der Waals surface area contributed by atoms with Crippen molar-refractivity contribution in [2.24, 2.45) is 0 Å². The maximum Gasteiger partial charge on any atom is 0.178 e. The van der Waals surface area contributed by atoms with Gasteiger partial charge in [0.2, 0.25) is 0 Å². The van der Waals surface area contributed by atoms with Crippen molar-refractivity contribution in [2.75, 3.05) is 26.6 Å². The van der Waals surface area contributed by atoms with E-state index in [1.807, 2.05) is 0 Å². The molecule has 0 fully saturated rings. The van der Waals surface area contributed by atoms with Crippen molar-refractivity contribution in [3.8, 4) is 0 Å². The second-order valence-corrected chi connectivity index (χ2v) is 4.02. The Balaban J connectivity index is 3.07. The molecular weight excluding hydrogens is 180 g/mol. The average Bonchev–Trinajstić information content (AvgIpc) is 2.05. The third kappa shape index (κ3) is 6.83. The third-order valence-corrected chi connectivity index (χ3v) is 3.30. The van der Waals surface area contributed by atoms with E-state index in [-0.39, 0.29) is 16.1 Å². The first kappa shape index (κ1) is 11.4. The van der Waals surface area contributed by atoms with Gasteiger partial charge in [-0.2, -0.15) is 12.6 Å². The lowest BCUT2D eigenvalue weighted by Gasteiger charge is -2.12. The van der Waals surface area contributed by atoms with Gasteiger partial charge in [-0.15, -0.1) is 0 Å². The van der Waals surface area contributed by atoms with Gasteiger partial charge in [-0.3, -0.25) is 0 Å². The van der Waals surface area contributed by atoms with E-state index in [4.69, 9.17) is 13.9 Å². The minimum Gasteiger partial charge on any atom is -0.419 e. The Morgan fingerprint density at radius 3 is 2.45 bits per heavy atom. The van der Waals surface area contributed by atoms with Crippen molar-refractivity contribution in [1.29, 1.82) is 0 Å². The lowest BCUT2D eigenvalue weighted by Crippen LogP contribution is -2.21. The Labute approximate surface area is 75.8 Å². The van der Waals surface area contributed by atoms with Crippen molar-refractivity contribution in [3.05, 3.63) is 0 Å². The molecule has 0 unspecified atom stereocenters. The van der Waals surface area contributed by atoms with E-state index in [1.165, 1.54) is 0 Å². The zero-order chi connectivity index (χ0) is 8.53. The van der Waals surface area contributed by atoms with Gasteiger partial charge in [0, 0.05) is 14.2 Å². The minimum absolute atomic E-state index is 0.206. The topological polar surface area (TPSA) is 27.7 Å². The van der Waals surface area contributed by atoms with Gasteiger partial charge in [0.1, 0.15) is 0 Å². The lowest BCUT2D eigenvalue weighted by atomic mass is 10.7. The summed E-state index contributed by atoms with van der Waals surface area (Å²) in [5, 5.41) is 0. The van der Waals surface area contributed by atoms with E-state index in [0.717, 1.165) is 11.8 Å². The molecule has 68 valence electrons. The molecule has 0 aromatic rings. The molecule has 0 N–H and O–H groups in total. The van der Waals surface area contributed by atoms with Crippen LogP contribution in [0, 0.1) is 0 Å². The summed E-state index contributed by atoms with van der Waals surface area (Å²) in [7, 11) is 2.83. The third-order valence-electron chi connectivity index (χ3n) is 1.23. The van der Waals surface area contributed by atoms with Crippen LogP contribution < -0.4 is 0 Å². The average molecular weight is 196 g/mol. The number of ether oxygens (including phenoxy) is 2. The number of methoxy groups -OCH3 is 2. The Hall–Kier alpha value is 0.447. The first-order chi connectivity index (χ1) is 5.35. The van der Waals surface area contributed by atoms with Gasteiger partial charge in [0.25, 0.3) is 0 Å². The summed E-state index contributed by atoms with van der Waals surface area (Å²) in [6.45, 7) is 0.549. The Morgan fingerprint density at radius 2 is 2.00 bits per heavy atom. The molecule has 0 saturated heterocycles. The van der Waals surface area contributed by atoms with E-state index >= 15 is 0 Å². The molecule has 5 heteroatoms. The molecule has 0 rings (SSSR count). The van der Waals surface area contributed by atoms with Gasteiger partial charge in [-0.25, -0.2) is 0 Å². The molecule has 0 spiro atoms. The first-order valence-corrected chi connectivity index (χ1v) is 5.80. The largest absolute Gasteiger partial charge is 0.419 e. The molecule has 3 nitrogen and oxygen atoms in total. The van der Waals surface area contributed by atoms with Crippen LogP contribution in [0.1, 0.15) is 0 Å². The van der Waals surface area contributed by atoms with E-state index in [1.54, 1.807) is 14.2 Å². The number of hydrogen-bond acceptors (Lipinski definition) is 4. The predicted molar refractivity (Wildman–Crippen MR) is 51.0 cm³/mol. The highest BCUT2D eigenvalue weighted by Crippen LogP contribution is 1.92. The smallest absolute Gasteiger partial charge is 0.178 e. The standard InChI is InChI=1S/C6H16O3SSi/c1-7-6(8-2)5-9-11-4-3-10/h6,10H,3-5,11H2,1-2H3. The molecular formula is C6H16O3SSi. The van der Waals surface area contributed by atoms with Gasteiger partial charge in [-0.05, 0) is 11.8 Å².